The first-order chi connectivity index (χ1) is 12.8. The van der Waals surface area contributed by atoms with Gasteiger partial charge in [-0.2, -0.15) is 0 Å². The Morgan fingerprint density at radius 3 is 2.56 bits per heavy atom. The fraction of sp³-hybridized carbons (Fsp3) is 0.105. The Hall–Kier alpha value is -2.29. The minimum atomic E-state index is -3.44. The summed E-state index contributed by atoms with van der Waals surface area (Å²) < 4.78 is 40.4. The van der Waals surface area contributed by atoms with Gasteiger partial charge in [0.2, 0.25) is 15.9 Å². The number of benzene rings is 2. The molecule has 0 radical (unpaired) electrons. The number of amides is 1. The number of sulfonamides is 1. The maximum absolute atomic E-state index is 13.6. The molecule has 2 aromatic carbocycles. The summed E-state index contributed by atoms with van der Waals surface area (Å²) in [4.78, 5) is 12.0. The maximum Gasteiger partial charge on any atom is 0.248 e. The molecule has 0 unspecified atom stereocenters. The predicted octanol–water partition coefficient (Wildman–Crippen LogP) is 3.85. The van der Waals surface area contributed by atoms with Gasteiger partial charge in [0.15, 0.2) is 0 Å². The van der Waals surface area contributed by atoms with Crippen LogP contribution in [-0.2, 0) is 20.6 Å². The molecule has 27 heavy (non-hydrogen) atoms. The third-order valence-electron chi connectivity index (χ3n) is 3.40. The SMILES string of the molecule is C=CCNS(=O)(=O)Cc1ccc(NC(=O)/C=C/c2cc(Br)ccc2F)cc1. The molecule has 0 spiro atoms. The van der Waals surface area contributed by atoms with Gasteiger partial charge in [-0.1, -0.05) is 34.1 Å². The van der Waals surface area contributed by atoms with E-state index in [2.05, 4.69) is 32.5 Å². The molecule has 0 fully saturated rings. The van der Waals surface area contributed by atoms with Gasteiger partial charge in [0.05, 0.1) is 5.75 Å². The number of halogens is 2. The lowest BCUT2D eigenvalue weighted by Gasteiger charge is -2.06. The van der Waals surface area contributed by atoms with Crippen LogP contribution in [-0.4, -0.2) is 20.9 Å². The molecule has 2 N–H and O–H groups in total. The van der Waals surface area contributed by atoms with E-state index < -0.39 is 21.7 Å². The van der Waals surface area contributed by atoms with Crippen LogP contribution in [0.4, 0.5) is 10.1 Å². The Bertz CT molecular complexity index is 957. The molecule has 142 valence electrons. The van der Waals surface area contributed by atoms with E-state index in [9.17, 15) is 17.6 Å². The average Bonchev–Trinajstić information content (AvgIpc) is 2.62. The van der Waals surface area contributed by atoms with Gasteiger partial charge in [0, 0.05) is 28.3 Å². The minimum absolute atomic E-state index is 0.168. The zero-order valence-corrected chi connectivity index (χ0v) is 16.7. The molecule has 0 saturated heterocycles. The monoisotopic (exact) mass is 452 g/mol. The number of hydrogen-bond acceptors (Lipinski definition) is 3. The Morgan fingerprint density at radius 2 is 1.89 bits per heavy atom. The highest BCUT2D eigenvalue weighted by Crippen LogP contribution is 2.17. The van der Waals surface area contributed by atoms with Gasteiger partial charge in [0.25, 0.3) is 0 Å². The van der Waals surface area contributed by atoms with Crippen molar-refractivity contribution in [1.82, 2.24) is 4.72 Å². The topological polar surface area (TPSA) is 75.3 Å². The van der Waals surface area contributed by atoms with Crippen LogP contribution in [0.5, 0.6) is 0 Å². The van der Waals surface area contributed by atoms with Crippen LogP contribution in [0.2, 0.25) is 0 Å². The molecular weight excluding hydrogens is 435 g/mol. The largest absolute Gasteiger partial charge is 0.323 e. The van der Waals surface area contributed by atoms with Gasteiger partial charge >= 0.3 is 0 Å². The van der Waals surface area contributed by atoms with E-state index in [1.165, 1.54) is 24.3 Å². The Kier molecular flexibility index (Phi) is 7.46. The Morgan fingerprint density at radius 1 is 1.19 bits per heavy atom. The molecule has 0 aliphatic carbocycles. The highest BCUT2D eigenvalue weighted by atomic mass is 79.9. The van der Waals surface area contributed by atoms with Gasteiger partial charge in [-0.15, -0.1) is 6.58 Å². The van der Waals surface area contributed by atoms with Crippen molar-refractivity contribution in [1.29, 1.82) is 0 Å². The first-order valence-corrected chi connectivity index (χ1v) is 10.3. The van der Waals surface area contributed by atoms with E-state index in [4.69, 9.17) is 0 Å². The summed E-state index contributed by atoms with van der Waals surface area (Å²) in [5.41, 5.74) is 1.36. The highest BCUT2D eigenvalue weighted by molar-refractivity contribution is 9.10. The summed E-state index contributed by atoms with van der Waals surface area (Å²) in [6.45, 7) is 3.63. The molecule has 0 saturated carbocycles. The van der Waals surface area contributed by atoms with E-state index in [1.54, 1.807) is 36.4 Å². The number of carbonyl (C=O) groups is 1. The van der Waals surface area contributed by atoms with E-state index in [-0.39, 0.29) is 17.9 Å². The molecule has 1 amide bonds. The first kappa shape index (κ1) is 21.0. The molecule has 0 atom stereocenters. The number of rotatable bonds is 8. The van der Waals surface area contributed by atoms with Gasteiger partial charge in [-0.25, -0.2) is 17.5 Å². The van der Waals surface area contributed by atoms with Crippen molar-refractivity contribution in [2.45, 2.75) is 5.75 Å². The van der Waals surface area contributed by atoms with Crippen molar-refractivity contribution in [3.05, 3.63) is 82.6 Å². The molecule has 5 nitrogen and oxygen atoms in total. The zero-order valence-electron chi connectivity index (χ0n) is 14.3. The van der Waals surface area contributed by atoms with E-state index in [1.807, 2.05) is 0 Å². The third-order valence-corrected chi connectivity index (χ3v) is 5.21. The smallest absolute Gasteiger partial charge is 0.248 e. The predicted molar refractivity (Wildman–Crippen MR) is 109 cm³/mol. The standard InChI is InChI=1S/C19H18BrFN2O3S/c1-2-11-22-27(25,26)13-14-3-7-17(8-4-14)23-19(24)10-5-15-12-16(20)6-9-18(15)21/h2-10,12,22H,1,11,13H2,(H,23,24)/b10-5+. The van der Waals surface area contributed by atoms with Crippen molar-refractivity contribution >= 4 is 43.6 Å². The second-order valence-corrected chi connectivity index (χ2v) is 8.30. The van der Waals surface area contributed by atoms with Crippen LogP contribution in [0, 0.1) is 5.82 Å². The van der Waals surface area contributed by atoms with Crippen LogP contribution in [0.1, 0.15) is 11.1 Å². The molecule has 0 aliphatic rings. The van der Waals surface area contributed by atoms with Crippen LogP contribution in [0.15, 0.2) is 65.7 Å². The second kappa shape index (κ2) is 9.59. The Labute approximate surface area is 166 Å². The summed E-state index contributed by atoms with van der Waals surface area (Å²) in [7, 11) is -3.44. The minimum Gasteiger partial charge on any atom is -0.323 e. The molecule has 2 rings (SSSR count). The van der Waals surface area contributed by atoms with Gasteiger partial charge in [0.1, 0.15) is 5.82 Å². The van der Waals surface area contributed by atoms with Crippen LogP contribution in [0.3, 0.4) is 0 Å². The molecule has 0 aliphatic heterocycles. The molecule has 2 aromatic rings. The normalized spacial score (nSPS) is 11.5. The van der Waals surface area contributed by atoms with E-state index in [0.717, 1.165) is 0 Å². The fourth-order valence-corrected chi connectivity index (χ4v) is 3.62. The van der Waals surface area contributed by atoms with Crippen LogP contribution >= 0.6 is 15.9 Å². The zero-order chi connectivity index (χ0) is 19.9. The number of anilines is 1. The first-order valence-electron chi connectivity index (χ1n) is 7.90. The lowest BCUT2D eigenvalue weighted by Crippen LogP contribution is -2.25. The molecular formula is C19H18BrFN2O3S. The molecule has 0 heterocycles. The van der Waals surface area contributed by atoms with Crippen molar-refractivity contribution in [3.63, 3.8) is 0 Å². The average molecular weight is 453 g/mol. The molecule has 0 aromatic heterocycles. The quantitative estimate of drug-likeness (QED) is 0.471. The van der Waals surface area contributed by atoms with Crippen molar-refractivity contribution in [2.24, 2.45) is 0 Å². The van der Waals surface area contributed by atoms with Crippen molar-refractivity contribution < 1.29 is 17.6 Å². The summed E-state index contributed by atoms with van der Waals surface area (Å²) in [5.74, 6) is -1.03. The van der Waals surface area contributed by atoms with Crippen LogP contribution < -0.4 is 10.0 Å². The fourth-order valence-electron chi connectivity index (χ4n) is 2.13. The lowest BCUT2D eigenvalue weighted by atomic mass is 10.2. The number of hydrogen-bond donors (Lipinski definition) is 2. The van der Waals surface area contributed by atoms with E-state index in [0.29, 0.717) is 15.7 Å². The number of carbonyl (C=O) groups excluding carboxylic acids is 1. The molecule has 0 bridgehead atoms. The van der Waals surface area contributed by atoms with Crippen molar-refractivity contribution in [2.75, 3.05) is 11.9 Å². The summed E-state index contributed by atoms with van der Waals surface area (Å²) in [5, 5.41) is 2.63. The summed E-state index contributed by atoms with van der Waals surface area (Å²) in [6.07, 6.45) is 4.06. The Balaban J connectivity index is 1.97. The second-order valence-electron chi connectivity index (χ2n) is 5.58. The summed E-state index contributed by atoms with van der Waals surface area (Å²) in [6, 6.07) is 10.9. The molecule has 8 heteroatoms. The summed E-state index contributed by atoms with van der Waals surface area (Å²) >= 11 is 3.25. The van der Waals surface area contributed by atoms with Crippen LogP contribution in [0.25, 0.3) is 6.08 Å². The van der Waals surface area contributed by atoms with Crippen molar-refractivity contribution in [3.8, 4) is 0 Å². The maximum atomic E-state index is 13.6. The number of nitrogens with one attached hydrogen (secondary N) is 2. The highest BCUT2D eigenvalue weighted by Gasteiger charge is 2.10. The third kappa shape index (κ3) is 7.09. The van der Waals surface area contributed by atoms with E-state index >= 15 is 0 Å². The van der Waals surface area contributed by atoms with Gasteiger partial charge in [-0.05, 0) is 42.0 Å². The van der Waals surface area contributed by atoms with Gasteiger partial charge in [-0.3, -0.25) is 4.79 Å². The van der Waals surface area contributed by atoms with Gasteiger partial charge < -0.3 is 5.32 Å². The lowest BCUT2D eigenvalue weighted by molar-refractivity contribution is -0.111.